The molecule has 0 amide bonds. The number of hydrogen-bond acceptors (Lipinski definition) is 2. The van der Waals surface area contributed by atoms with Crippen molar-refractivity contribution in [2.24, 2.45) is 0 Å². The monoisotopic (exact) mass is 236 g/mol. The molecule has 0 saturated carbocycles. The summed E-state index contributed by atoms with van der Waals surface area (Å²) in [5.74, 6) is 1.10. The Morgan fingerprint density at radius 2 is 1.82 bits per heavy atom. The average molecular weight is 236 g/mol. The van der Waals surface area contributed by atoms with E-state index in [1.807, 2.05) is 13.8 Å². The molecule has 2 rings (SSSR count). The Bertz CT molecular complexity index is 337. The number of anilines is 1. The lowest BCUT2D eigenvalue weighted by Crippen LogP contribution is -2.18. The molecule has 2 nitrogen and oxygen atoms in total. The highest BCUT2D eigenvalue weighted by Gasteiger charge is 2.18. The van der Waals surface area contributed by atoms with Gasteiger partial charge in [-0.15, -0.1) is 0 Å². The Balaban J connectivity index is 0.000000811. The van der Waals surface area contributed by atoms with Crippen LogP contribution in [0.3, 0.4) is 0 Å². The molecule has 1 aromatic rings. The summed E-state index contributed by atoms with van der Waals surface area (Å²) in [5.41, 5.74) is 2.68. The molecule has 0 aliphatic carbocycles. The second-order valence-corrected chi connectivity index (χ2v) is 4.98. The van der Waals surface area contributed by atoms with Crippen LogP contribution in [0.25, 0.3) is 0 Å². The van der Waals surface area contributed by atoms with Gasteiger partial charge in [0.15, 0.2) is 0 Å². The lowest BCUT2D eigenvalue weighted by Gasteiger charge is -2.22. The third-order valence-corrected chi connectivity index (χ3v) is 2.66. The zero-order valence-electron chi connectivity index (χ0n) is 11.2. The van der Waals surface area contributed by atoms with E-state index >= 15 is 0 Å². The molecule has 17 heavy (non-hydrogen) atoms. The molecule has 98 valence electrons. The van der Waals surface area contributed by atoms with Crippen LogP contribution in [0, 0.1) is 0 Å². The molecule has 0 aromatic carbocycles. The number of aryl methyl sites for hydroxylation is 1. The normalized spacial score (nSPS) is 13.5. The minimum Gasteiger partial charge on any atom is -0.370 e. The molecule has 0 spiro atoms. The summed E-state index contributed by atoms with van der Waals surface area (Å²) in [6.45, 7) is 11.7. The van der Waals surface area contributed by atoms with Crippen LogP contribution >= 0.6 is 0 Å². The predicted molar refractivity (Wildman–Crippen MR) is 77.8 cm³/mol. The van der Waals surface area contributed by atoms with E-state index in [9.17, 15) is 0 Å². The summed E-state index contributed by atoms with van der Waals surface area (Å²) in [6, 6.07) is 4.38. The van der Waals surface area contributed by atoms with Crippen LogP contribution < -0.4 is 5.32 Å². The van der Waals surface area contributed by atoms with Crippen molar-refractivity contribution in [2.45, 2.75) is 60.3 Å². The van der Waals surface area contributed by atoms with E-state index in [0.717, 1.165) is 12.4 Å². The van der Waals surface area contributed by atoms with Crippen molar-refractivity contribution in [3.63, 3.8) is 0 Å². The summed E-state index contributed by atoms with van der Waals surface area (Å²) in [5, 5.41) is 3.36. The second kappa shape index (κ2) is 6.63. The van der Waals surface area contributed by atoms with Crippen LogP contribution in [0.15, 0.2) is 12.1 Å². The molecule has 1 aliphatic heterocycles. The van der Waals surface area contributed by atoms with E-state index < -0.39 is 0 Å². The van der Waals surface area contributed by atoms with Gasteiger partial charge in [-0.2, -0.15) is 0 Å². The molecular formula is C15H28N2. The first kappa shape index (κ1) is 16.0. The minimum absolute atomic E-state index is 0. The standard InChI is InChI=1S/C12H18N2.C2H6.CH4/c1-12(2,3)10-7-6-9-5-4-8-13-11(9)14-10;1-2;/h6-7H,4-5,8H2,1-3H3,(H,13,14);1-2H3;1H4. The fraction of sp³-hybridized carbons (Fsp3) is 0.667. The van der Waals surface area contributed by atoms with Gasteiger partial charge in [0.25, 0.3) is 0 Å². The Labute approximate surface area is 107 Å². The van der Waals surface area contributed by atoms with Crippen LogP contribution in [-0.2, 0) is 11.8 Å². The van der Waals surface area contributed by atoms with Gasteiger partial charge >= 0.3 is 0 Å². The van der Waals surface area contributed by atoms with Crippen molar-refractivity contribution >= 4 is 5.82 Å². The highest BCUT2D eigenvalue weighted by atomic mass is 15.0. The molecule has 0 fully saturated rings. The molecule has 0 unspecified atom stereocenters. The Kier molecular flexibility index (Phi) is 6.22. The fourth-order valence-electron chi connectivity index (χ4n) is 1.75. The zero-order valence-corrected chi connectivity index (χ0v) is 11.2. The van der Waals surface area contributed by atoms with E-state index in [1.54, 1.807) is 0 Å². The van der Waals surface area contributed by atoms with Crippen LogP contribution in [0.1, 0.15) is 59.7 Å². The Morgan fingerprint density at radius 3 is 2.41 bits per heavy atom. The number of nitrogens with one attached hydrogen (secondary N) is 1. The lowest BCUT2D eigenvalue weighted by molar-refractivity contribution is 0.568. The van der Waals surface area contributed by atoms with E-state index in [0.29, 0.717) is 0 Å². The van der Waals surface area contributed by atoms with Gasteiger partial charge in [-0.05, 0) is 24.5 Å². The molecule has 1 aromatic heterocycles. The molecule has 2 heterocycles. The topological polar surface area (TPSA) is 24.9 Å². The highest BCUT2D eigenvalue weighted by Crippen LogP contribution is 2.25. The van der Waals surface area contributed by atoms with Crippen LogP contribution in [-0.4, -0.2) is 11.5 Å². The molecule has 0 bridgehead atoms. The van der Waals surface area contributed by atoms with Crippen LogP contribution in [0.2, 0.25) is 0 Å². The Morgan fingerprint density at radius 1 is 1.18 bits per heavy atom. The molecule has 1 aliphatic rings. The molecule has 0 radical (unpaired) electrons. The van der Waals surface area contributed by atoms with Gasteiger partial charge in [-0.3, -0.25) is 0 Å². The first-order chi connectivity index (χ1) is 7.57. The first-order valence-electron chi connectivity index (χ1n) is 6.32. The molecule has 2 heteroatoms. The largest absolute Gasteiger partial charge is 0.370 e. The summed E-state index contributed by atoms with van der Waals surface area (Å²) < 4.78 is 0. The van der Waals surface area contributed by atoms with Gasteiger partial charge in [0.2, 0.25) is 0 Å². The van der Waals surface area contributed by atoms with Crippen molar-refractivity contribution in [2.75, 3.05) is 11.9 Å². The SMILES string of the molecule is C.CC.CC(C)(C)c1ccc2c(n1)NCCC2. The van der Waals surface area contributed by atoms with Gasteiger partial charge < -0.3 is 5.32 Å². The summed E-state index contributed by atoms with van der Waals surface area (Å²) in [4.78, 5) is 4.67. The molecule has 0 atom stereocenters. The average Bonchev–Trinajstić information content (AvgIpc) is 2.30. The van der Waals surface area contributed by atoms with E-state index in [4.69, 9.17) is 0 Å². The lowest BCUT2D eigenvalue weighted by atomic mass is 9.91. The van der Waals surface area contributed by atoms with E-state index in [2.05, 4.69) is 43.2 Å². The van der Waals surface area contributed by atoms with Crippen molar-refractivity contribution in [1.29, 1.82) is 0 Å². The number of pyridine rings is 1. The number of nitrogens with zero attached hydrogens (tertiary/aromatic N) is 1. The molecule has 1 N–H and O–H groups in total. The molecular weight excluding hydrogens is 208 g/mol. The molecule has 0 saturated heterocycles. The minimum atomic E-state index is 0. The maximum Gasteiger partial charge on any atom is 0.129 e. The van der Waals surface area contributed by atoms with Gasteiger partial charge in [0.1, 0.15) is 5.82 Å². The third-order valence-electron chi connectivity index (χ3n) is 2.66. The quantitative estimate of drug-likeness (QED) is 0.722. The van der Waals surface area contributed by atoms with Crippen LogP contribution in [0.4, 0.5) is 5.82 Å². The van der Waals surface area contributed by atoms with Gasteiger partial charge in [0.05, 0.1) is 0 Å². The number of fused-ring (bicyclic) bond motifs is 1. The number of rotatable bonds is 0. The second-order valence-electron chi connectivity index (χ2n) is 4.98. The third kappa shape index (κ3) is 4.03. The number of hydrogen-bond donors (Lipinski definition) is 1. The van der Waals surface area contributed by atoms with E-state index in [-0.39, 0.29) is 12.8 Å². The van der Waals surface area contributed by atoms with Crippen molar-refractivity contribution in [1.82, 2.24) is 4.98 Å². The smallest absolute Gasteiger partial charge is 0.129 e. The van der Waals surface area contributed by atoms with Gasteiger partial charge in [-0.1, -0.05) is 48.1 Å². The summed E-state index contributed by atoms with van der Waals surface area (Å²) in [7, 11) is 0. The van der Waals surface area contributed by atoms with Crippen molar-refractivity contribution < 1.29 is 0 Å². The Hall–Kier alpha value is -1.05. The highest BCUT2D eigenvalue weighted by molar-refractivity contribution is 5.47. The fourth-order valence-corrected chi connectivity index (χ4v) is 1.75. The zero-order chi connectivity index (χ0) is 12.2. The number of aromatic nitrogens is 1. The maximum absolute atomic E-state index is 4.67. The van der Waals surface area contributed by atoms with Gasteiger partial charge in [0, 0.05) is 17.7 Å². The summed E-state index contributed by atoms with van der Waals surface area (Å²) in [6.07, 6.45) is 2.39. The van der Waals surface area contributed by atoms with E-state index in [1.165, 1.54) is 24.1 Å². The predicted octanol–water partition coefficient (Wildman–Crippen LogP) is 4.40. The maximum atomic E-state index is 4.67. The van der Waals surface area contributed by atoms with Crippen LogP contribution in [0.5, 0.6) is 0 Å². The van der Waals surface area contributed by atoms with Crippen molar-refractivity contribution in [3.05, 3.63) is 23.4 Å². The van der Waals surface area contributed by atoms with Crippen molar-refractivity contribution in [3.8, 4) is 0 Å². The summed E-state index contributed by atoms with van der Waals surface area (Å²) >= 11 is 0. The van der Waals surface area contributed by atoms with Gasteiger partial charge in [-0.25, -0.2) is 4.98 Å². The first-order valence-corrected chi connectivity index (χ1v) is 6.32.